The Bertz CT molecular complexity index is 914. The van der Waals surface area contributed by atoms with Gasteiger partial charge in [0.25, 0.3) is 0 Å². The van der Waals surface area contributed by atoms with Crippen molar-refractivity contribution in [2.45, 2.75) is 63.6 Å². The van der Waals surface area contributed by atoms with Gasteiger partial charge < -0.3 is 10.1 Å². The maximum atomic E-state index is 14.8. The lowest BCUT2D eigenvalue weighted by Crippen LogP contribution is -2.33. The summed E-state index contributed by atoms with van der Waals surface area (Å²) >= 11 is 6.15. The molecule has 2 fully saturated rings. The number of rotatable bonds is 6. The number of alkyl halides is 1. The van der Waals surface area contributed by atoms with Gasteiger partial charge in [-0.25, -0.2) is 9.37 Å². The van der Waals surface area contributed by atoms with E-state index in [9.17, 15) is 4.39 Å². The molecule has 0 unspecified atom stereocenters. The van der Waals surface area contributed by atoms with Crippen molar-refractivity contribution in [1.29, 1.82) is 5.26 Å². The number of nitrogens with zero attached hydrogens (tertiary/aromatic N) is 5. The van der Waals surface area contributed by atoms with Crippen LogP contribution in [0.1, 0.15) is 56.7 Å². The van der Waals surface area contributed by atoms with Gasteiger partial charge in [0.05, 0.1) is 35.6 Å². The van der Waals surface area contributed by atoms with E-state index in [1.165, 1.54) is 6.20 Å². The summed E-state index contributed by atoms with van der Waals surface area (Å²) in [5, 5.41) is 16.9. The van der Waals surface area contributed by atoms with Gasteiger partial charge in [-0.1, -0.05) is 30.9 Å². The second kappa shape index (κ2) is 8.15. The van der Waals surface area contributed by atoms with E-state index in [0.29, 0.717) is 18.8 Å². The second-order valence-electron chi connectivity index (χ2n) is 8.03. The van der Waals surface area contributed by atoms with Crippen molar-refractivity contribution in [3.8, 4) is 11.9 Å². The number of hydrogen-bond donors (Lipinski definition) is 1. The predicted octanol–water partition coefficient (Wildman–Crippen LogP) is 4.90. The molecule has 2 saturated carbocycles. The molecule has 0 aromatic carbocycles. The van der Waals surface area contributed by atoms with E-state index in [0.717, 1.165) is 43.5 Å². The summed E-state index contributed by atoms with van der Waals surface area (Å²) in [6.45, 7) is 1.84. The number of ether oxygens (including phenoxy) is 1. The predicted molar refractivity (Wildman–Crippen MR) is 107 cm³/mol. The van der Waals surface area contributed by atoms with Gasteiger partial charge in [0, 0.05) is 6.20 Å². The van der Waals surface area contributed by atoms with Gasteiger partial charge in [-0.05, 0) is 32.6 Å². The average Bonchev–Trinajstić information content (AvgIpc) is 3.02. The van der Waals surface area contributed by atoms with Crippen LogP contribution in [0.15, 0.2) is 12.4 Å². The normalized spacial score (nSPS) is 23.1. The van der Waals surface area contributed by atoms with Crippen LogP contribution < -0.4 is 10.1 Å². The van der Waals surface area contributed by atoms with E-state index in [4.69, 9.17) is 21.6 Å². The minimum absolute atomic E-state index is 0.0537. The Balaban J connectivity index is 1.42. The van der Waals surface area contributed by atoms with E-state index in [1.807, 2.05) is 17.8 Å². The Hall–Kier alpha value is -2.40. The largest absolute Gasteiger partial charge is 0.473 e. The van der Waals surface area contributed by atoms with Crippen molar-refractivity contribution >= 4 is 23.2 Å². The van der Waals surface area contributed by atoms with Crippen LogP contribution in [0.25, 0.3) is 0 Å². The summed E-state index contributed by atoms with van der Waals surface area (Å²) in [5.41, 5.74) is 0.256. The number of hydrogen-bond acceptors (Lipinski definition) is 6. The zero-order valence-electron chi connectivity index (χ0n) is 16.4. The summed E-state index contributed by atoms with van der Waals surface area (Å²) in [7, 11) is 0. The molecular weight excluding hydrogens is 395 g/mol. The van der Waals surface area contributed by atoms with E-state index < -0.39 is 5.67 Å². The van der Waals surface area contributed by atoms with Crippen molar-refractivity contribution in [2.75, 3.05) is 11.9 Å². The fourth-order valence-corrected chi connectivity index (χ4v) is 4.01. The monoisotopic (exact) mass is 418 g/mol. The molecule has 2 aliphatic rings. The van der Waals surface area contributed by atoms with Crippen molar-refractivity contribution in [3.63, 3.8) is 0 Å². The fraction of sp³-hybridized carbons (Fsp3) is 0.600. The third-order valence-corrected chi connectivity index (χ3v) is 6.02. The maximum Gasteiger partial charge on any atom is 0.237 e. The van der Waals surface area contributed by atoms with Crippen LogP contribution in [0.5, 0.6) is 5.88 Å². The molecule has 0 atom stereocenters. The molecule has 0 spiro atoms. The first-order valence-corrected chi connectivity index (χ1v) is 10.4. The van der Waals surface area contributed by atoms with E-state index in [-0.39, 0.29) is 29.5 Å². The van der Waals surface area contributed by atoms with Gasteiger partial charge in [0.1, 0.15) is 17.3 Å². The lowest BCUT2D eigenvalue weighted by Gasteiger charge is -2.30. The van der Waals surface area contributed by atoms with Crippen LogP contribution in [0.3, 0.4) is 0 Å². The highest BCUT2D eigenvalue weighted by atomic mass is 35.5. The van der Waals surface area contributed by atoms with Crippen LogP contribution in [0.4, 0.5) is 16.0 Å². The minimum Gasteiger partial charge on any atom is -0.473 e. The average molecular weight is 419 g/mol. The molecule has 2 aromatic rings. The fourth-order valence-electron chi connectivity index (χ4n) is 3.86. The third kappa shape index (κ3) is 4.45. The summed E-state index contributed by atoms with van der Waals surface area (Å²) in [4.78, 5) is 8.51. The highest BCUT2D eigenvalue weighted by Crippen LogP contribution is 2.38. The first-order valence-electron chi connectivity index (χ1n) is 10.0. The molecule has 7 nitrogen and oxygen atoms in total. The number of aryl methyl sites for hydroxylation is 1. The molecule has 29 heavy (non-hydrogen) atoms. The zero-order chi connectivity index (χ0) is 20.4. The molecule has 1 N–H and O–H groups in total. The SMILES string of the molecule is Cc1nn(C2CC(C#N)C2)cc1Nc1ncc(Cl)c(OCC2(F)CCCCC2)n1. The van der Waals surface area contributed by atoms with Gasteiger partial charge in [-0.15, -0.1) is 0 Å². The lowest BCUT2D eigenvalue weighted by atomic mass is 9.81. The highest BCUT2D eigenvalue weighted by Gasteiger charge is 2.33. The Morgan fingerprint density at radius 1 is 1.38 bits per heavy atom. The second-order valence-corrected chi connectivity index (χ2v) is 8.44. The maximum absolute atomic E-state index is 14.8. The number of anilines is 2. The number of nitriles is 1. The van der Waals surface area contributed by atoms with Gasteiger partial charge in [0.2, 0.25) is 11.8 Å². The standard InChI is InChI=1S/C20H24ClFN6O/c1-13-17(11-28(27-13)15-7-14(8-15)9-23)25-19-24-10-16(21)18(26-19)29-12-20(22)5-3-2-4-6-20/h10-11,14-15H,2-8,12H2,1H3,(H,24,25,26). The molecule has 0 saturated heterocycles. The van der Waals surface area contributed by atoms with Crippen LogP contribution in [0.2, 0.25) is 5.02 Å². The molecule has 0 radical (unpaired) electrons. The molecule has 0 amide bonds. The highest BCUT2D eigenvalue weighted by molar-refractivity contribution is 6.31. The Morgan fingerprint density at radius 2 is 2.14 bits per heavy atom. The molecule has 0 bridgehead atoms. The molecule has 2 aliphatic carbocycles. The quantitative estimate of drug-likeness (QED) is 0.717. The summed E-state index contributed by atoms with van der Waals surface area (Å²) in [6, 6.07) is 2.53. The van der Waals surface area contributed by atoms with E-state index >= 15 is 0 Å². The molecule has 154 valence electrons. The number of halogens is 2. The summed E-state index contributed by atoms with van der Waals surface area (Å²) in [6.07, 6.45) is 8.81. The molecule has 4 rings (SSSR count). The van der Waals surface area contributed by atoms with Crippen LogP contribution in [0, 0.1) is 24.2 Å². The lowest BCUT2D eigenvalue weighted by molar-refractivity contribution is 0.0457. The molecule has 2 heterocycles. The summed E-state index contributed by atoms with van der Waals surface area (Å²) < 4.78 is 22.3. The topological polar surface area (TPSA) is 88.7 Å². The minimum atomic E-state index is -1.32. The number of aromatic nitrogens is 4. The van der Waals surface area contributed by atoms with Crippen molar-refractivity contribution in [1.82, 2.24) is 19.7 Å². The molecular formula is C20H24ClFN6O. The summed E-state index contributed by atoms with van der Waals surface area (Å²) in [5.74, 6) is 0.600. The first-order chi connectivity index (χ1) is 14.0. The van der Waals surface area contributed by atoms with Crippen molar-refractivity contribution < 1.29 is 9.13 Å². The van der Waals surface area contributed by atoms with Gasteiger partial charge in [-0.3, -0.25) is 4.68 Å². The Kier molecular flexibility index (Phi) is 5.59. The van der Waals surface area contributed by atoms with Crippen LogP contribution >= 0.6 is 11.6 Å². The Morgan fingerprint density at radius 3 is 2.86 bits per heavy atom. The third-order valence-electron chi connectivity index (χ3n) is 5.76. The van der Waals surface area contributed by atoms with Crippen molar-refractivity contribution in [3.05, 3.63) is 23.1 Å². The Labute approximate surface area is 174 Å². The number of nitrogens with one attached hydrogen (secondary N) is 1. The molecule has 2 aromatic heterocycles. The van der Waals surface area contributed by atoms with Crippen molar-refractivity contribution in [2.24, 2.45) is 5.92 Å². The smallest absolute Gasteiger partial charge is 0.237 e. The zero-order valence-corrected chi connectivity index (χ0v) is 17.1. The molecule has 9 heteroatoms. The van der Waals surface area contributed by atoms with Crippen LogP contribution in [-0.4, -0.2) is 32.0 Å². The van der Waals surface area contributed by atoms with E-state index in [1.54, 1.807) is 0 Å². The van der Waals surface area contributed by atoms with E-state index in [2.05, 4.69) is 26.5 Å². The van der Waals surface area contributed by atoms with Gasteiger partial charge in [-0.2, -0.15) is 15.3 Å². The van der Waals surface area contributed by atoms with Crippen LogP contribution in [-0.2, 0) is 0 Å². The van der Waals surface area contributed by atoms with Gasteiger partial charge in [0.15, 0.2) is 0 Å². The first kappa shape index (κ1) is 19.9. The van der Waals surface area contributed by atoms with Gasteiger partial charge >= 0.3 is 0 Å². The molecule has 0 aliphatic heterocycles.